The van der Waals surface area contributed by atoms with Crippen LogP contribution >= 0.6 is 0 Å². The lowest BCUT2D eigenvalue weighted by Crippen LogP contribution is -2.25. The second-order valence-corrected chi connectivity index (χ2v) is 7.77. The molecule has 2 atom stereocenters. The van der Waals surface area contributed by atoms with Gasteiger partial charge in [0.1, 0.15) is 0 Å². The van der Waals surface area contributed by atoms with Crippen molar-refractivity contribution >= 4 is 0 Å². The SMILES string of the molecule is C=CCCCOc1ccc(-c2ccc(C3CCC(CCC)OC3)c(F)c2F)cc1F. The highest BCUT2D eigenvalue weighted by atomic mass is 19.2. The summed E-state index contributed by atoms with van der Waals surface area (Å²) in [6, 6.07) is 7.29. The van der Waals surface area contributed by atoms with Gasteiger partial charge in [-0.05, 0) is 55.4 Å². The van der Waals surface area contributed by atoms with Crippen molar-refractivity contribution in [3.05, 3.63) is 66.0 Å². The summed E-state index contributed by atoms with van der Waals surface area (Å²) in [5, 5.41) is 0. The Morgan fingerprint density at radius 1 is 1.13 bits per heavy atom. The molecule has 2 unspecified atom stereocenters. The van der Waals surface area contributed by atoms with Gasteiger partial charge < -0.3 is 9.47 Å². The van der Waals surface area contributed by atoms with Crippen LogP contribution in [-0.4, -0.2) is 19.3 Å². The molecular formula is C25H29F3O2. The van der Waals surface area contributed by atoms with E-state index >= 15 is 0 Å². The molecule has 0 saturated carbocycles. The zero-order valence-corrected chi connectivity index (χ0v) is 17.4. The molecule has 2 aromatic carbocycles. The topological polar surface area (TPSA) is 18.5 Å². The van der Waals surface area contributed by atoms with Gasteiger partial charge in [-0.15, -0.1) is 6.58 Å². The Morgan fingerprint density at radius 3 is 2.63 bits per heavy atom. The quantitative estimate of drug-likeness (QED) is 0.317. The van der Waals surface area contributed by atoms with Gasteiger partial charge in [-0.2, -0.15) is 0 Å². The average Bonchev–Trinajstić information content (AvgIpc) is 2.75. The van der Waals surface area contributed by atoms with E-state index in [-0.39, 0.29) is 28.9 Å². The van der Waals surface area contributed by atoms with Crippen LogP contribution in [0.5, 0.6) is 5.75 Å². The maximum Gasteiger partial charge on any atom is 0.166 e. The van der Waals surface area contributed by atoms with Gasteiger partial charge in [-0.25, -0.2) is 13.2 Å². The van der Waals surface area contributed by atoms with E-state index < -0.39 is 17.5 Å². The molecule has 30 heavy (non-hydrogen) atoms. The fraction of sp³-hybridized carbons (Fsp3) is 0.440. The lowest BCUT2D eigenvalue weighted by molar-refractivity contribution is -0.00181. The second kappa shape index (κ2) is 10.7. The summed E-state index contributed by atoms with van der Waals surface area (Å²) in [6.45, 7) is 6.49. The van der Waals surface area contributed by atoms with Crippen LogP contribution in [0.15, 0.2) is 43.0 Å². The summed E-state index contributed by atoms with van der Waals surface area (Å²) in [4.78, 5) is 0. The molecule has 1 saturated heterocycles. The summed E-state index contributed by atoms with van der Waals surface area (Å²) in [5.41, 5.74) is 0.639. The minimum atomic E-state index is -0.956. The van der Waals surface area contributed by atoms with Crippen LogP contribution < -0.4 is 4.74 Å². The molecule has 162 valence electrons. The van der Waals surface area contributed by atoms with Crippen LogP contribution in [0.3, 0.4) is 0 Å². The number of allylic oxidation sites excluding steroid dienone is 1. The van der Waals surface area contributed by atoms with Crippen LogP contribution in [0.25, 0.3) is 11.1 Å². The molecule has 0 aliphatic carbocycles. The number of unbranched alkanes of at least 4 members (excludes halogenated alkanes) is 1. The van der Waals surface area contributed by atoms with Crippen LogP contribution in [0.1, 0.15) is 56.9 Å². The standard InChI is InChI=1S/C25H29F3O2/c1-3-5-6-14-29-23-13-9-17(15-22(23)26)20-11-12-21(25(28)24(20)27)18-8-10-19(7-4-2)30-16-18/h3,9,11-13,15,18-19H,1,4-8,10,14,16H2,2H3. The largest absolute Gasteiger partial charge is 0.491 e. The van der Waals surface area contributed by atoms with E-state index in [1.54, 1.807) is 18.2 Å². The highest BCUT2D eigenvalue weighted by molar-refractivity contribution is 5.66. The number of ether oxygens (including phenoxy) is 2. The summed E-state index contributed by atoms with van der Waals surface area (Å²) in [7, 11) is 0. The van der Waals surface area contributed by atoms with Gasteiger partial charge in [0.15, 0.2) is 23.2 Å². The Morgan fingerprint density at radius 2 is 1.97 bits per heavy atom. The molecule has 0 amide bonds. The van der Waals surface area contributed by atoms with Crippen LogP contribution in [-0.2, 0) is 4.74 Å². The summed E-state index contributed by atoms with van der Waals surface area (Å²) >= 11 is 0. The Bertz CT molecular complexity index is 858. The van der Waals surface area contributed by atoms with Crippen molar-refractivity contribution in [2.45, 2.75) is 57.5 Å². The molecule has 1 fully saturated rings. The van der Waals surface area contributed by atoms with E-state index in [0.717, 1.165) is 38.5 Å². The second-order valence-electron chi connectivity index (χ2n) is 7.77. The molecule has 0 bridgehead atoms. The van der Waals surface area contributed by atoms with Crippen molar-refractivity contribution in [1.29, 1.82) is 0 Å². The highest BCUT2D eigenvalue weighted by Crippen LogP contribution is 2.35. The Balaban J connectivity index is 1.74. The lowest BCUT2D eigenvalue weighted by atomic mass is 9.88. The van der Waals surface area contributed by atoms with Gasteiger partial charge in [-0.1, -0.05) is 37.6 Å². The number of halogens is 3. The normalized spacial score (nSPS) is 18.9. The van der Waals surface area contributed by atoms with E-state index in [1.165, 1.54) is 18.2 Å². The molecule has 1 aliphatic rings. The van der Waals surface area contributed by atoms with Crippen molar-refractivity contribution in [2.24, 2.45) is 0 Å². The van der Waals surface area contributed by atoms with E-state index in [4.69, 9.17) is 9.47 Å². The third kappa shape index (κ3) is 5.25. The molecule has 1 heterocycles. The maximum atomic E-state index is 14.8. The van der Waals surface area contributed by atoms with Crippen LogP contribution in [0.4, 0.5) is 13.2 Å². The molecule has 0 spiro atoms. The van der Waals surface area contributed by atoms with Crippen molar-refractivity contribution in [3.8, 4) is 16.9 Å². The van der Waals surface area contributed by atoms with Crippen molar-refractivity contribution < 1.29 is 22.6 Å². The van der Waals surface area contributed by atoms with Gasteiger partial charge in [-0.3, -0.25) is 0 Å². The highest BCUT2D eigenvalue weighted by Gasteiger charge is 2.27. The zero-order chi connectivity index (χ0) is 21.5. The summed E-state index contributed by atoms with van der Waals surface area (Å²) in [6.07, 6.45) is 7.14. The minimum Gasteiger partial charge on any atom is -0.491 e. The fourth-order valence-corrected chi connectivity index (χ4v) is 3.90. The van der Waals surface area contributed by atoms with Crippen LogP contribution in [0.2, 0.25) is 0 Å². The molecule has 0 aromatic heterocycles. The molecule has 2 aromatic rings. The first-order valence-electron chi connectivity index (χ1n) is 10.7. The van der Waals surface area contributed by atoms with Gasteiger partial charge in [0.25, 0.3) is 0 Å². The van der Waals surface area contributed by atoms with Gasteiger partial charge in [0.2, 0.25) is 0 Å². The number of rotatable bonds is 9. The minimum absolute atomic E-state index is 0.0361. The first-order valence-corrected chi connectivity index (χ1v) is 10.7. The first-order chi connectivity index (χ1) is 14.5. The van der Waals surface area contributed by atoms with Crippen molar-refractivity contribution in [2.75, 3.05) is 13.2 Å². The smallest absolute Gasteiger partial charge is 0.166 e. The predicted octanol–water partition coefficient (Wildman–Crippen LogP) is 7.18. The predicted molar refractivity (Wildman–Crippen MR) is 113 cm³/mol. The number of benzene rings is 2. The van der Waals surface area contributed by atoms with Crippen molar-refractivity contribution in [3.63, 3.8) is 0 Å². The Hall–Kier alpha value is -2.27. The van der Waals surface area contributed by atoms with E-state index in [0.29, 0.717) is 18.8 Å². The molecular weight excluding hydrogens is 389 g/mol. The Kier molecular flexibility index (Phi) is 7.97. The molecule has 5 heteroatoms. The molecule has 0 radical (unpaired) electrons. The summed E-state index contributed by atoms with van der Waals surface area (Å²) < 4.78 is 55.3. The van der Waals surface area contributed by atoms with Crippen molar-refractivity contribution in [1.82, 2.24) is 0 Å². The lowest BCUT2D eigenvalue weighted by Gasteiger charge is -2.29. The van der Waals surface area contributed by atoms with E-state index in [9.17, 15) is 13.2 Å². The van der Waals surface area contributed by atoms with Gasteiger partial charge >= 0.3 is 0 Å². The molecule has 0 N–H and O–H groups in total. The average molecular weight is 418 g/mol. The summed E-state index contributed by atoms with van der Waals surface area (Å²) in [5.74, 6) is -2.49. The maximum absolute atomic E-state index is 14.8. The third-order valence-corrected chi connectivity index (χ3v) is 5.59. The van der Waals surface area contributed by atoms with Crippen LogP contribution in [0, 0.1) is 17.5 Å². The third-order valence-electron chi connectivity index (χ3n) is 5.59. The Labute approximate surface area is 176 Å². The van der Waals surface area contributed by atoms with E-state index in [1.807, 2.05) is 0 Å². The first kappa shape index (κ1) is 22.4. The number of hydrogen-bond donors (Lipinski definition) is 0. The molecule has 1 aliphatic heterocycles. The number of hydrogen-bond acceptors (Lipinski definition) is 2. The van der Waals surface area contributed by atoms with Gasteiger partial charge in [0, 0.05) is 11.5 Å². The fourth-order valence-electron chi connectivity index (χ4n) is 3.90. The zero-order valence-electron chi connectivity index (χ0n) is 17.4. The van der Waals surface area contributed by atoms with Gasteiger partial charge in [0.05, 0.1) is 19.3 Å². The monoisotopic (exact) mass is 418 g/mol. The molecule has 2 nitrogen and oxygen atoms in total. The molecule has 3 rings (SSSR count). The van der Waals surface area contributed by atoms with E-state index in [2.05, 4.69) is 13.5 Å².